The Morgan fingerprint density at radius 1 is 0.778 bits per heavy atom. The summed E-state index contributed by atoms with van der Waals surface area (Å²) in [6, 6.07) is 7.76. The Morgan fingerprint density at radius 2 is 1.22 bits per heavy atom. The minimum Gasteiger partial charge on any atom is -0.494 e. The Kier molecular flexibility index (Phi) is 14.8. The Balaban J connectivity index is 1.84. The Hall–Kier alpha value is -1.29. The van der Waals surface area contributed by atoms with Gasteiger partial charge < -0.3 is 15.8 Å². The molecule has 27 heavy (non-hydrogen) atoms. The fraction of sp³-hybridized carbons (Fsp3) is 0.696. The van der Waals surface area contributed by atoms with Crippen LogP contribution in [0, 0.1) is 0 Å². The predicted molar refractivity (Wildman–Crippen MR) is 123 cm³/mol. The fourth-order valence-electron chi connectivity index (χ4n) is 3.26. The zero-order valence-electron chi connectivity index (χ0n) is 17.3. The molecule has 0 bridgehead atoms. The largest absolute Gasteiger partial charge is 0.494 e. The van der Waals surface area contributed by atoms with E-state index in [0.29, 0.717) is 0 Å². The van der Waals surface area contributed by atoms with Gasteiger partial charge in [0.25, 0.3) is 0 Å². The highest BCUT2D eigenvalue weighted by Gasteiger charge is 1.97. The average molecular weight is 393 g/mol. The predicted octanol–water partition coefficient (Wildman–Crippen LogP) is 7.20. The summed E-state index contributed by atoms with van der Waals surface area (Å²) in [5.74, 6) is 0.901. The number of nitrogens with one attached hydrogen (secondary N) is 1. The van der Waals surface area contributed by atoms with Crippen molar-refractivity contribution < 1.29 is 4.74 Å². The second kappa shape index (κ2) is 16.9. The highest BCUT2D eigenvalue weighted by atomic mass is 32.1. The Bertz CT molecular complexity index is 476. The molecule has 0 spiro atoms. The summed E-state index contributed by atoms with van der Waals surface area (Å²) >= 11 is 4.82. The maximum Gasteiger partial charge on any atom is 0.168 e. The summed E-state index contributed by atoms with van der Waals surface area (Å²) in [4.78, 5) is 0. The van der Waals surface area contributed by atoms with Gasteiger partial charge in [-0.25, -0.2) is 0 Å². The first-order chi connectivity index (χ1) is 13.2. The second-order valence-corrected chi connectivity index (χ2v) is 7.90. The number of ether oxygens (including phenoxy) is 1. The van der Waals surface area contributed by atoms with Crippen LogP contribution in [0.4, 0.5) is 5.69 Å². The van der Waals surface area contributed by atoms with Gasteiger partial charge in [0.2, 0.25) is 0 Å². The van der Waals surface area contributed by atoms with E-state index >= 15 is 0 Å². The van der Waals surface area contributed by atoms with E-state index in [2.05, 4.69) is 12.2 Å². The van der Waals surface area contributed by atoms with Gasteiger partial charge in [0.15, 0.2) is 5.11 Å². The topological polar surface area (TPSA) is 47.3 Å². The molecule has 0 aromatic heterocycles. The lowest BCUT2D eigenvalue weighted by molar-refractivity contribution is 0.304. The molecule has 0 radical (unpaired) electrons. The third-order valence-electron chi connectivity index (χ3n) is 4.89. The summed E-state index contributed by atoms with van der Waals surface area (Å²) in [5.41, 5.74) is 6.35. The van der Waals surface area contributed by atoms with E-state index < -0.39 is 0 Å². The number of benzene rings is 1. The lowest BCUT2D eigenvalue weighted by Gasteiger charge is -2.08. The van der Waals surface area contributed by atoms with Gasteiger partial charge in [-0.05, 0) is 42.9 Å². The maximum absolute atomic E-state index is 5.78. The molecule has 0 amide bonds. The van der Waals surface area contributed by atoms with E-state index in [1.54, 1.807) is 0 Å². The minimum atomic E-state index is 0.283. The normalized spacial score (nSPS) is 10.7. The molecule has 0 unspecified atom stereocenters. The summed E-state index contributed by atoms with van der Waals surface area (Å²) < 4.78 is 5.78. The summed E-state index contributed by atoms with van der Waals surface area (Å²) in [6.07, 6.45) is 19.3. The van der Waals surface area contributed by atoms with Crippen molar-refractivity contribution in [3.8, 4) is 5.75 Å². The molecule has 0 aliphatic carbocycles. The average Bonchev–Trinajstić information content (AvgIpc) is 2.66. The molecule has 1 aromatic carbocycles. The molecule has 1 rings (SSSR count). The van der Waals surface area contributed by atoms with Gasteiger partial charge in [0, 0.05) is 5.69 Å². The molecule has 0 saturated carbocycles. The van der Waals surface area contributed by atoms with E-state index in [0.717, 1.165) is 24.5 Å². The maximum atomic E-state index is 5.78. The van der Waals surface area contributed by atoms with Crippen LogP contribution < -0.4 is 15.8 Å². The number of nitrogens with two attached hydrogens (primary N) is 1. The van der Waals surface area contributed by atoms with Crippen molar-refractivity contribution in [3.05, 3.63) is 24.3 Å². The second-order valence-electron chi connectivity index (χ2n) is 7.46. The van der Waals surface area contributed by atoms with Crippen molar-refractivity contribution in [1.82, 2.24) is 0 Å². The third-order valence-corrected chi connectivity index (χ3v) is 4.99. The van der Waals surface area contributed by atoms with Gasteiger partial charge in [-0.3, -0.25) is 0 Å². The van der Waals surface area contributed by atoms with Crippen molar-refractivity contribution in [2.75, 3.05) is 11.9 Å². The zero-order valence-corrected chi connectivity index (χ0v) is 18.1. The molecule has 0 heterocycles. The number of hydrogen-bond acceptors (Lipinski definition) is 2. The number of hydrogen-bond donors (Lipinski definition) is 2. The third kappa shape index (κ3) is 14.4. The van der Waals surface area contributed by atoms with Gasteiger partial charge in [0.1, 0.15) is 5.75 Å². The van der Waals surface area contributed by atoms with Crippen LogP contribution in [0.25, 0.3) is 0 Å². The molecule has 1 aromatic rings. The first-order valence-electron chi connectivity index (χ1n) is 11.0. The fourth-order valence-corrected chi connectivity index (χ4v) is 3.38. The molecule has 0 saturated heterocycles. The van der Waals surface area contributed by atoms with Crippen LogP contribution in [0.1, 0.15) is 96.8 Å². The number of unbranched alkanes of at least 4 members (excludes halogenated alkanes) is 13. The summed E-state index contributed by atoms with van der Waals surface area (Å²) in [5, 5.41) is 3.19. The van der Waals surface area contributed by atoms with E-state index in [1.165, 1.54) is 83.5 Å². The molecule has 3 nitrogen and oxygen atoms in total. The number of thiocarbonyl (C=S) groups is 1. The van der Waals surface area contributed by atoms with Crippen molar-refractivity contribution in [1.29, 1.82) is 0 Å². The summed E-state index contributed by atoms with van der Waals surface area (Å²) in [6.45, 7) is 3.07. The van der Waals surface area contributed by atoms with Crippen LogP contribution >= 0.6 is 12.2 Å². The van der Waals surface area contributed by atoms with Gasteiger partial charge in [-0.1, -0.05) is 90.4 Å². The van der Waals surface area contributed by atoms with Crippen molar-refractivity contribution in [3.63, 3.8) is 0 Å². The molecule has 0 atom stereocenters. The minimum absolute atomic E-state index is 0.283. The van der Waals surface area contributed by atoms with Crippen molar-refractivity contribution in [2.24, 2.45) is 5.73 Å². The van der Waals surface area contributed by atoms with Crippen LogP contribution in [-0.2, 0) is 0 Å². The lowest BCUT2D eigenvalue weighted by Crippen LogP contribution is -2.18. The van der Waals surface area contributed by atoms with E-state index in [9.17, 15) is 0 Å². The standard InChI is InChI=1S/C23H40N2OS/c1-2-3-4-5-6-7-8-9-10-11-12-13-14-15-20-26-22-18-16-21(17-19-22)25-23(24)27/h16-19H,2-15,20H2,1H3,(H3,24,25,27). The quantitative estimate of drug-likeness (QED) is 0.217. The van der Waals surface area contributed by atoms with E-state index in [-0.39, 0.29) is 5.11 Å². The molecule has 0 aliphatic heterocycles. The van der Waals surface area contributed by atoms with Crippen molar-refractivity contribution >= 4 is 23.0 Å². The number of rotatable bonds is 17. The van der Waals surface area contributed by atoms with Gasteiger partial charge >= 0.3 is 0 Å². The summed E-state index contributed by atoms with van der Waals surface area (Å²) in [7, 11) is 0. The molecule has 0 aliphatic rings. The van der Waals surface area contributed by atoms with Crippen LogP contribution in [0.15, 0.2) is 24.3 Å². The lowest BCUT2D eigenvalue weighted by atomic mass is 10.0. The first kappa shape index (κ1) is 23.7. The highest BCUT2D eigenvalue weighted by Crippen LogP contribution is 2.16. The molecule has 4 heteroatoms. The van der Waals surface area contributed by atoms with Crippen molar-refractivity contribution in [2.45, 2.75) is 96.8 Å². The van der Waals surface area contributed by atoms with E-state index in [4.69, 9.17) is 22.7 Å². The smallest absolute Gasteiger partial charge is 0.168 e. The van der Waals surface area contributed by atoms with Gasteiger partial charge in [0.05, 0.1) is 6.61 Å². The molecular formula is C23H40N2OS. The number of anilines is 1. The SMILES string of the molecule is CCCCCCCCCCCCCCCCOc1ccc(NC(N)=S)cc1. The molecule has 3 N–H and O–H groups in total. The molecule has 0 fully saturated rings. The van der Waals surface area contributed by atoms with Gasteiger partial charge in [-0.2, -0.15) is 0 Å². The highest BCUT2D eigenvalue weighted by molar-refractivity contribution is 7.80. The molecule has 154 valence electrons. The molecular weight excluding hydrogens is 352 g/mol. The van der Waals surface area contributed by atoms with Crippen LogP contribution in [0.5, 0.6) is 5.75 Å². The Morgan fingerprint density at radius 3 is 1.67 bits per heavy atom. The van der Waals surface area contributed by atoms with Crippen LogP contribution in [0.3, 0.4) is 0 Å². The van der Waals surface area contributed by atoms with E-state index in [1.807, 2.05) is 24.3 Å². The van der Waals surface area contributed by atoms with Crippen LogP contribution in [0.2, 0.25) is 0 Å². The first-order valence-corrected chi connectivity index (χ1v) is 11.4. The monoisotopic (exact) mass is 392 g/mol. The van der Waals surface area contributed by atoms with Crippen LogP contribution in [-0.4, -0.2) is 11.7 Å². The van der Waals surface area contributed by atoms with Gasteiger partial charge in [-0.15, -0.1) is 0 Å². The zero-order chi connectivity index (χ0) is 19.6. The Labute approximate surface area is 172 Å².